The number of furan rings is 1. The van der Waals surface area contributed by atoms with Crippen molar-refractivity contribution in [3.63, 3.8) is 0 Å². The summed E-state index contributed by atoms with van der Waals surface area (Å²) in [5.74, 6) is 0.310. The Balaban J connectivity index is 1.68. The van der Waals surface area contributed by atoms with Gasteiger partial charge >= 0.3 is 0 Å². The van der Waals surface area contributed by atoms with Crippen molar-refractivity contribution in [2.24, 2.45) is 0 Å². The van der Waals surface area contributed by atoms with Crippen LogP contribution in [0.3, 0.4) is 0 Å². The molecule has 8 heteroatoms. The second-order valence-corrected chi connectivity index (χ2v) is 5.60. The number of aryl methyl sites for hydroxylation is 1. The molecule has 3 rings (SSSR count). The lowest BCUT2D eigenvalue weighted by Crippen LogP contribution is -2.02. The Hall–Kier alpha value is -2.74. The Labute approximate surface area is 135 Å². The lowest BCUT2D eigenvalue weighted by molar-refractivity contribution is 0.101. The Morgan fingerprint density at radius 3 is 2.78 bits per heavy atom. The molecule has 0 aliphatic rings. The summed E-state index contributed by atoms with van der Waals surface area (Å²) < 4.78 is 10.6. The van der Waals surface area contributed by atoms with Gasteiger partial charge in [-0.2, -0.15) is 0 Å². The molecular formula is C15H12N2O5S. The van der Waals surface area contributed by atoms with Gasteiger partial charge in [-0.3, -0.25) is 4.79 Å². The van der Waals surface area contributed by atoms with E-state index in [2.05, 4.69) is 10.2 Å². The second kappa shape index (κ2) is 6.17. The average molecular weight is 332 g/mol. The number of ketones is 1. The smallest absolute Gasteiger partial charge is 0.277 e. The monoisotopic (exact) mass is 332 g/mol. The number of nitrogens with zero attached hydrogens (tertiary/aromatic N) is 2. The summed E-state index contributed by atoms with van der Waals surface area (Å²) >= 11 is 1.07. The van der Waals surface area contributed by atoms with Crippen molar-refractivity contribution < 1.29 is 23.8 Å². The molecule has 0 aliphatic heterocycles. The Morgan fingerprint density at radius 1 is 1.26 bits per heavy atom. The maximum atomic E-state index is 12.1. The third kappa shape index (κ3) is 3.21. The van der Waals surface area contributed by atoms with Crippen LogP contribution in [-0.2, 0) is 0 Å². The van der Waals surface area contributed by atoms with Crippen LogP contribution in [0.5, 0.6) is 11.5 Å². The first-order chi connectivity index (χ1) is 11.0. The van der Waals surface area contributed by atoms with Crippen molar-refractivity contribution in [3.8, 4) is 23.0 Å². The summed E-state index contributed by atoms with van der Waals surface area (Å²) in [6, 6.07) is 5.53. The predicted octanol–water partition coefficient (Wildman–Crippen LogP) is 3.02. The van der Waals surface area contributed by atoms with Gasteiger partial charge in [0, 0.05) is 6.07 Å². The molecule has 0 amide bonds. The third-order valence-electron chi connectivity index (χ3n) is 3.10. The highest BCUT2D eigenvalue weighted by Crippen LogP contribution is 2.28. The fourth-order valence-corrected chi connectivity index (χ4v) is 2.59. The standard InChI is InChI=1S/C15H12N2O5S/c1-8-10(4-5-21-8)14-16-17-15(22-14)23-7-13(20)11-3-2-9(18)6-12(11)19/h2-6,18-19H,7H2,1H3. The van der Waals surface area contributed by atoms with E-state index in [1.54, 1.807) is 13.0 Å². The van der Waals surface area contributed by atoms with Gasteiger partial charge in [-0.25, -0.2) is 0 Å². The molecule has 118 valence electrons. The van der Waals surface area contributed by atoms with Gasteiger partial charge in [-0.15, -0.1) is 10.2 Å². The molecule has 0 spiro atoms. The molecule has 0 radical (unpaired) electrons. The van der Waals surface area contributed by atoms with E-state index in [0.717, 1.165) is 17.8 Å². The van der Waals surface area contributed by atoms with Crippen LogP contribution in [0, 0.1) is 6.92 Å². The molecule has 23 heavy (non-hydrogen) atoms. The molecule has 2 N–H and O–H groups in total. The topological polar surface area (TPSA) is 110 Å². The van der Waals surface area contributed by atoms with Gasteiger partial charge in [0.2, 0.25) is 0 Å². The van der Waals surface area contributed by atoms with Gasteiger partial charge in [0.05, 0.1) is 23.1 Å². The predicted molar refractivity (Wildman–Crippen MR) is 81.6 cm³/mol. The molecule has 0 fully saturated rings. The SMILES string of the molecule is Cc1occc1-c1nnc(SCC(=O)c2ccc(O)cc2O)o1. The van der Waals surface area contributed by atoms with Crippen molar-refractivity contribution >= 4 is 17.5 Å². The van der Waals surface area contributed by atoms with Gasteiger partial charge in [-0.05, 0) is 25.1 Å². The number of aromatic nitrogens is 2. The zero-order valence-corrected chi connectivity index (χ0v) is 12.8. The Bertz CT molecular complexity index is 855. The van der Waals surface area contributed by atoms with Gasteiger partial charge < -0.3 is 19.0 Å². The molecule has 0 atom stereocenters. The number of carbonyl (C=O) groups is 1. The number of phenols is 2. The lowest BCUT2D eigenvalue weighted by atomic mass is 10.1. The Morgan fingerprint density at radius 2 is 2.09 bits per heavy atom. The average Bonchev–Trinajstić information content (AvgIpc) is 3.13. The number of phenolic OH excluding ortho intramolecular Hbond substituents is 2. The van der Waals surface area contributed by atoms with E-state index in [4.69, 9.17) is 8.83 Å². The Kier molecular flexibility index (Phi) is 4.07. The van der Waals surface area contributed by atoms with Gasteiger partial charge in [0.1, 0.15) is 17.3 Å². The molecule has 0 aliphatic carbocycles. The zero-order chi connectivity index (χ0) is 16.4. The number of carbonyl (C=O) groups excluding carboxylic acids is 1. The molecule has 3 aromatic rings. The first-order valence-corrected chi connectivity index (χ1v) is 7.59. The lowest BCUT2D eigenvalue weighted by Gasteiger charge is -2.02. The van der Waals surface area contributed by atoms with E-state index in [0.29, 0.717) is 17.2 Å². The number of Topliss-reactive ketones (excluding diaryl/α,β-unsaturated/α-hetero) is 1. The number of aromatic hydroxyl groups is 2. The molecule has 0 unspecified atom stereocenters. The minimum absolute atomic E-state index is 0.0182. The van der Waals surface area contributed by atoms with Crippen LogP contribution in [0.25, 0.3) is 11.5 Å². The van der Waals surface area contributed by atoms with Crippen molar-refractivity contribution in [2.45, 2.75) is 12.1 Å². The fraction of sp³-hybridized carbons (Fsp3) is 0.133. The van der Waals surface area contributed by atoms with Crippen molar-refractivity contribution in [2.75, 3.05) is 5.75 Å². The second-order valence-electron chi connectivity index (χ2n) is 4.68. The van der Waals surface area contributed by atoms with Crippen LogP contribution in [0.1, 0.15) is 16.1 Å². The maximum absolute atomic E-state index is 12.1. The van der Waals surface area contributed by atoms with E-state index >= 15 is 0 Å². The van der Waals surface area contributed by atoms with Crippen molar-refractivity contribution in [1.82, 2.24) is 10.2 Å². The molecular weight excluding hydrogens is 320 g/mol. The summed E-state index contributed by atoms with van der Waals surface area (Å²) in [5.41, 5.74) is 0.826. The molecule has 0 saturated heterocycles. The number of rotatable bonds is 5. The number of hydrogen-bond donors (Lipinski definition) is 2. The molecule has 0 saturated carbocycles. The highest BCUT2D eigenvalue weighted by atomic mass is 32.2. The minimum Gasteiger partial charge on any atom is -0.508 e. The first-order valence-electron chi connectivity index (χ1n) is 6.60. The van der Waals surface area contributed by atoms with Crippen LogP contribution >= 0.6 is 11.8 Å². The van der Waals surface area contributed by atoms with E-state index in [1.165, 1.54) is 18.4 Å². The fourth-order valence-electron chi connectivity index (χ4n) is 1.94. The van der Waals surface area contributed by atoms with E-state index in [-0.39, 0.29) is 33.8 Å². The van der Waals surface area contributed by atoms with Gasteiger partial charge in [0.15, 0.2) is 5.78 Å². The van der Waals surface area contributed by atoms with Crippen LogP contribution in [-0.4, -0.2) is 31.9 Å². The number of hydrogen-bond acceptors (Lipinski definition) is 8. The zero-order valence-electron chi connectivity index (χ0n) is 12.0. The minimum atomic E-state index is -0.313. The molecule has 2 heterocycles. The third-order valence-corrected chi connectivity index (χ3v) is 3.92. The summed E-state index contributed by atoms with van der Waals surface area (Å²) in [6.07, 6.45) is 1.53. The van der Waals surface area contributed by atoms with E-state index < -0.39 is 0 Å². The van der Waals surface area contributed by atoms with Gasteiger partial charge in [-0.1, -0.05) is 11.8 Å². The largest absolute Gasteiger partial charge is 0.508 e. The quantitative estimate of drug-likeness (QED) is 0.542. The van der Waals surface area contributed by atoms with E-state index in [9.17, 15) is 15.0 Å². The highest BCUT2D eigenvalue weighted by molar-refractivity contribution is 7.99. The molecule has 0 bridgehead atoms. The maximum Gasteiger partial charge on any atom is 0.277 e. The summed E-state index contributed by atoms with van der Waals surface area (Å²) in [4.78, 5) is 12.1. The van der Waals surface area contributed by atoms with Gasteiger partial charge in [0.25, 0.3) is 11.1 Å². The molecule has 2 aromatic heterocycles. The summed E-state index contributed by atoms with van der Waals surface area (Å²) in [5, 5.41) is 26.9. The van der Waals surface area contributed by atoms with Crippen molar-refractivity contribution in [1.29, 1.82) is 0 Å². The number of thioether (sulfide) groups is 1. The highest BCUT2D eigenvalue weighted by Gasteiger charge is 2.16. The number of benzene rings is 1. The summed E-state index contributed by atoms with van der Waals surface area (Å²) in [7, 11) is 0. The van der Waals surface area contributed by atoms with Crippen LogP contribution in [0.15, 0.2) is 44.6 Å². The molecule has 1 aromatic carbocycles. The molecule has 7 nitrogen and oxygen atoms in total. The normalized spacial score (nSPS) is 10.8. The van der Waals surface area contributed by atoms with Crippen LogP contribution < -0.4 is 0 Å². The first kappa shape index (κ1) is 15.2. The summed E-state index contributed by atoms with van der Waals surface area (Å²) in [6.45, 7) is 1.78. The van der Waals surface area contributed by atoms with Crippen LogP contribution in [0.4, 0.5) is 0 Å². The van der Waals surface area contributed by atoms with Crippen LogP contribution in [0.2, 0.25) is 0 Å². The van der Waals surface area contributed by atoms with E-state index in [1.807, 2.05) is 0 Å². The van der Waals surface area contributed by atoms with Crippen molar-refractivity contribution in [3.05, 3.63) is 41.9 Å².